The van der Waals surface area contributed by atoms with Gasteiger partial charge in [-0.05, 0) is 0 Å². The van der Waals surface area contributed by atoms with E-state index in [1.165, 1.54) is 0 Å². The summed E-state index contributed by atoms with van der Waals surface area (Å²) in [6.07, 6.45) is -0.405. The maximum absolute atomic E-state index is 10.7. The molecule has 0 aromatic carbocycles. The number of hydrogen-bond donors (Lipinski definition) is 3. The van der Waals surface area contributed by atoms with Gasteiger partial charge in [-0.15, -0.1) is 0 Å². The van der Waals surface area contributed by atoms with Gasteiger partial charge in [0.25, 0.3) is 0 Å². The normalized spacial score (nSPS) is 18.8. The molecule has 1 unspecified atom stereocenters. The third kappa shape index (κ3) is 7.52. The fourth-order valence-corrected chi connectivity index (χ4v) is 1.72. The Balaban J connectivity index is 3.79. The highest BCUT2D eigenvalue weighted by molar-refractivity contribution is 7.57. The second-order valence-electron chi connectivity index (χ2n) is 2.59. The zero-order valence-corrected chi connectivity index (χ0v) is 7.12. The highest BCUT2D eigenvalue weighted by Gasteiger charge is 2.17. The minimum Gasteiger partial charge on any atom is -0.481 e. The second-order valence-corrected chi connectivity index (χ2v) is 5.06. The Morgan fingerprint density at radius 3 is 2.45 bits per heavy atom. The van der Waals surface area contributed by atoms with Gasteiger partial charge in [0, 0.05) is 18.9 Å². The third-order valence-corrected chi connectivity index (χ3v) is 2.16. The van der Waals surface area contributed by atoms with E-state index in [9.17, 15) is 9.36 Å². The van der Waals surface area contributed by atoms with Crippen molar-refractivity contribution in [2.75, 3.05) is 12.8 Å². The van der Waals surface area contributed by atoms with Crippen molar-refractivity contribution in [3.63, 3.8) is 0 Å². The minimum atomic E-state index is -3.17. The summed E-state index contributed by atoms with van der Waals surface area (Å²) in [4.78, 5) is 18.8. The first kappa shape index (κ1) is 10.6. The predicted molar refractivity (Wildman–Crippen MR) is 40.8 cm³/mol. The molecule has 0 heterocycles. The van der Waals surface area contributed by atoms with Crippen molar-refractivity contribution in [3.05, 3.63) is 0 Å². The molecule has 0 radical (unpaired) electrons. The standard InChI is InChI=1S/C5H12NO4P/c1-11(9,10)3-4(6)2-5(7)8/h4H,2-3,6H2,1H3,(H,7,8)(H,9,10)/t4-/m0/s1. The third-order valence-electron chi connectivity index (χ3n) is 1.01. The SMILES string of the molecule is CP(=O)(O)C[C@@H](N)CC(=O)O. The van der Waals surface area contributed by atoms with Crippen molar-refractivity contribution in [2.24, 2.45) is 5.73 Å². The lowest BCUT2D eigenvalue weighted by Crippen LogP contribution is -2.27. The fourth-order valence-electron chi connectivity index (χ4n) is 0.724. The number of carboxylic acids is 1. The monoisotopic (exact) mass is 181 g/mol. The van der Waals surface area contributed by atoms with Gasteiger partial charge in [0.05, 0.1) is 6.42 Å². The second kappa shape index (κ2) is 3.85. The Bertz CT molecular complexity index is 187. The molecule has 0 saturated heterocycles. The molecule has 0 spiro atoms. The van der Waals surface area contributed by atoms with Crippen molar-refractivity contribution < 1.29 is 19.4 Å². The average Bonchev–Trinajstić information content (AvgIpc) is 1.53. The van der Waals surface area contributed by atoms with Crippen LogP contribution >= 0.6 is 7.37 Å². The highest BCUT2D eigenvalue weighted by atomic mass is 31.2. The van der Waals surface area contributed by atoms with Crippen molar-refractivity contribution >= 4 is 13.3 Å². The first-order chi connectivity index (χ1) is 4.81. The van der Waals surface area contributed by atoms with Crippen molar-refractivity contribution in [1.82, 2.24) is 0 Å². The lowest BCUT2D eigenvalue weighted by Gasteiger charge is -2.10. The van der Waals surface area contributed by atoms with E-state index in [1.54, 1.807) is 0 Å². The maximum atomic E-state index is 10.7. The number of rotatable bonds is 4. The van der Waals surface area contributed by atoms with E-state index in [0.29, 0.717) is 0 Å². The highest BCUT2D eigenvalue weighted by Crippen LogP contribution is 2.35. The molecule has 0 aliphatic carbocycles. The summed E-state index contributed by atoms with van der Waals surface area (Å²) < 4.78 is 10.7. The molecule has 66 valence electrons. The molecule has 0 rings (SSSR count). The summed E-state index contributed by atoms with van der Waals surface area (Å²) in [5.41, 5.74) is 5.25. The van der Waals surface area contributed by atoms with E-state index < -0.39 is 19.4 Å². The molecule has 5 nitrogen and oxygen atoms in total. The van der Waals surface area contributed by atoms with Crippen LogP contribution in [0.25, 0.3) is 0 Å². The summed E-state index contributed by atoms with van der Waals surface area (Å²) in [7, 11) is -3.17. The quantitative estimate of drug-likeness (QED) is 0.516. The first-order valence-corrected chi connectivity index (χ1v) is 5.37. The summed E-state index contributed by atoms with van der Waals surface area (Å²) >= 11 is 0. The number of carbonyl (C=O) groups is 1. The van der Waals surface area contributed by atoms with Gasteiger partial charge in [-0.1, -0.05) is 0 Å². The van der Waals surface area contributed by atoms with Gasteiger partial charge in [0.1, 0.15) is 0 Å². The van der Waals surface area contributed by atoms with Crippen LogP contribution in [-0.4, -0.2) is 34.8 Å². The lowest BCUT2D eigenvalue weighted by molar-refractivity contribution is -0.137. The maximum Gasteiger partial charge on any atom is 0.304 e. The molecular formula is C5H12NO4P. The van der Waals surface area contributed by atoms with Crippen molar-refractivity contribution in [1.29, 1.82) is 0 Å². The van der Waals surface area contributed by atoms with Gasteiger partial charge in [0.2, 0.25) is 0 Å². The summed E-state index contributed by atoms with van der Waals surface area (Å²) in [6.45, 7) is 1.16. The zero-order valence-electron chi connectivity index (χ0n) is 6.23. The average molecular weight is 181 g/mol. The van der Waals surface area contributed by atoms with Crippen LogP contribution in [0, 0.1) is 0 Å². The van der Waals surface area contributed by atoms with Crippen LogP contribution in [-0.2, 0) is 9.36 Å². The summed E-state index contributed by atoms with van der Waals surface area (Å²) in [5.74, 6) is -1.05. The van der Waals surface area contributed by atoms with E-state index in [4.69, 9.17) is 15.7 Å². The number of hydrogen-bond acceptors (Lipinski definition) is 3. The van der Waals surface area contributed by atoms with Crippen LogP contribution < -0.4 is 5.73 Å². The number of carboxylic acid groups (broad SMARTS) is 1. The van der Waals surface area contributed by atoms with E-state index >= 15 is 0 Å². The number of nitrogens with two attached hydrogens (primary N) is 1. The van der Waals surface area contributed by atoms with E-state index in [-0.39, 0.29) is 12.6 Å². The molecule has 6 heteroatoms. The molecule has 0 aliphatic rings. The van der Waals surface area contributed by atoms with Gasteiger partial charge in [0.15, 0.2) is 7.37 Å². The Morgan fingerprint density at radius 2 is 2.18 bits per heavy atom. The molecule has 4 N–H and O–H groups in total. The zero-order chi connectivity index (χ0) is 9.07. The van der Waals surface area contributed by atoms with Gasteiger partial charge in [-0.2, -0.15) is 0 Å². The Labute approximate surface area is 64.7 Å². The Morgan fingerprint density at radius 1 is 1.73 bits per heavy atom. The predicted octanol–water partition coefficient (Wildman–Crippen LogP) is -0.311. The van der Waals surface area contributed by atoms with Crippen LogP contribution in [0.4, 0.5) is 0 Å². The van der Waals surface area contributed by atoms with Crippen LogP contribution in [0.15, 0.2) is 0 Å². The lowest BCUT2D eigenvalue weighted by atomic mass is 10.2. The smallest absolute Gasteiger partial charge is 0.304 e. The van der Waals surface area contributed by atoms with Crippen molar-refractivity contribution in [3.8, 4) is 0 Å². The summed E-state index contributed by atoms with van der Waals surface area (Å²) in [6, 6.07) is -0.728. The molecule has 0 aliphatic heterocycles. The van der Waals surface area contributed by atoms with Crippen LogP contribution in [0.2, 0.25) is 0 Å². The van der Waals surface area contributed by atoms with Gasteiger partial charge < -0.3 is 15.7 Å². The molecule has 0 saturated carbocycles. The molecule has 0 aromatic rings. The fraction of sp³-hybridized carbons (Fsp3) is 0.800. The largest absolute Gasteiger partial charge is 0.481 e. The number of aliphatic carboxylic acids is 1. The first-order valence-electron chi connectivity index (χ1n) is 3.08. The van der Waals surface area contributed by atoms with Crippen molar-refractivity contribution in [2.45, 2.75) is 12.5 Å². The minimum absolute atomic E-state index is 0.140. The molecular weight excluding hydrogens is 169 g/mol. The summed E-state index contributed by atoms with van der Waals surface area (Å²) in [5, 5.41) is 8.23. The molecule has 0 bridgehead atoms. The van der Waals surface area contributed by atoms with Gasteiger partial charge in [-0.25, -0.2) is 0 Å². The molecule has 11 heavy (non-hydrogen) atoms. The van der Waals surface area contributed by atoms with Crippen LogP contribution in [0.3, 0.4) is 0 Å². The molecule has 0 aromatic heterocycles. The van der Waals surface area contributed by atoms with E-state index in [2.05, 4.69) is 0 Å². The van der Waals surface area contributed by atoms with Crippen LogP contribution in [0.1, 0.15) is 6.42 Å². The Hall–Kier alpha value is -0.380. The van der Waals surface area contributed by atoms with E-state index in [0.717, 1.165) is 6.66 Å². The van der Waals surface area contributed by atoms with Gasteiger partial charge >= 0.3 is 5.97 Å². The van der Waals surface area contributed by atoms with Gasteiger partial charge in [-0.3, -0.25) is 9.36 Å². The molecule has 2 atom stereocenters. The van der Waals surface area contributed by atoms with E-state index in [1.807, 2.05) is 0 Å². The topological polar surface area (TPSA) is 101 Å². The Kier molecular flexibility index (Phi) is 3.72. The molecule has 0 amide bonds. The van der Waals surface area contributed by atoms with Crippen LogP contribution in [0.5, 0.6) is 0 Å². The molecule has 0 fully saturated rings.